The molecule has 1 rings (SSSR count). The number of aliphatic hydroxyl groups excluding tert-OH is 1. The van der Waals surface area contributed by atoms with E-state index in [0.29, 0.717) is 16.3 Å². The topological polar surface area (TPSA) is 66.8 Å². The van der Waals surface area contributed by atoms with Crippen LogP contribution >= 0.6 is 11.6 Å². The van der Waals surface area contributed by atoms with E-state index in [4.69, 9.17) is 26.6 Å². The van der Waals surface area contributed by atoms with E-state index in [1.807, 2.05) is 0 Å². The van der Waals surface area contributed by atoms with Crippen LogP contribution < -0.4 is 4.74 Å². The van der Waals surface area contributed by atoms with Crippen molar-refractivity contribution in [1.82, 2.24) is 0 Å². The average Bonchev–Trinajstić information content (AvgIpc) is 2.17. The Labute approximate surface area is 92.1 Å². The number of rotatable bonds is 4. The molecular formula is C10H11ClO4. The Hall–Kier alpha value is -1.26. The fourth-order valence-electron chi connectivity index (χ4n) is 1.23. The Balaban J connectivity index is 3.11. The zero-order valence-electron chi connectivity index (χ0n) is 8.11. The van der Waals surface area contributed by atoms with Crippen LogP contribution in [0.25, 0.3) is 0 Å². The SMILES string of the molecule is COc1cc(Cl)cc(C(CO)C(=O)O)c1. The smallest absolute Gasteiger partial charge is 0.313 e. The molecular weight excluding hydrogens is 220 g/mol. The van der Waals surface area contributed by atoms with Gasteiger partial charge in [-0.1, -0.05) is 11.6 Å². The molecule has 1 atom stereocenters. The van der Waals surface area contributed by atoms with E-state index < -0.39 is 18.5 Å². The maximum Gasteiger partial charge on any atom is 0.313 e. The first-order valence-corrected chi connectivity index (χ1v) is 4.64. The number of carboxylic acids is 1. The molecule has 82 valence electrons. The molecule has 15 heavy (non-hydrogen) atoms. The molecule has 0 spiro atoms. The highest BCUT2D eigenvalue weighted by Crippen LogP contribution is 2.26. The maximum absolute atomic E-state index is 10.8. The molecule has 1 aromatic rings. The van der Waals surface area contributed by atoms with Crippen LogP contribution in [-0.4, -0.2) is 29.9 Å². The zero-order valence-corrected chi connectivity index (χ0v) is 8.86. The number of benzene rings is 1. The number of carboxylic acid groups (broad SMARTS) is 1. The van der Waals surface area contributed by atoms with Gasteiger partial charge in [0.1, 0.15) is 11.7 Å². The van der Waals surface area contributed by atoms with Gasteiger partial charge in [-0.3, -0.25) is 4.79 Å². The van der Waals surface area contributed by atoms with Gasteiger partial charge in [0.05, 0.1) is 13.7 Å². The fourth-order valence-corrected chi connectivity index (χ4v) is 1.46. The lowest BCUT2D eigenvalue weighted by atomic mass is 10.00. The van der Waals surface area contributed by atoms with Crippen molar-refractivity contribution in [2.24, 2.45) is 0 Å². The number of aliphatic carboxylic acids is 1. The molecule has 1 aromatic carbocycles. The van der Waals surface area contributed by atoms with Crippen molar-refractivity contribution in [2.75, 3.05) is 13.7 Å². The molecule has 0 bridgehead atoms. The molecule has 4 nitrogen and oxygen atoms in total. The molecule has 0 aliphatic heterocycles. The summed E-state index contributed by atoms with van der Waals surface area (Å²) in [6.45, 7) is -0.473. The van der Waals surface area contributed by atoms with E-state index in [-0.39, 0.29) is 0 Å². The van der Waals surface area contributed by atoms with Crippen LogP contribution in [0.3, 0.4) is 0 Å². The first kappa shape index (κ1) is 11.8. The lowest BCUT2D eigenvalue weighted by Gasteiger charge is -2.11. The van der Waals surface area contributed by atoms with Gasteiger partial charge in [0.25, 0.3) is 0 Å². The van der Waals surface area contributed by atoms with Crippen molar-refractivity contribution < 1.29 is 19.7 Å². The predicted octanol–water partition coefficient (Wildman–Crippen LogP) is 1.51. The van der Waals surface area contributed by atoms with Crippen molar-refractivity contribution in [3.05, 3.63) is 28.8 Å². The summed E-state index contributed by atoms with van der Waals surface area (Å²) in [5.74, 6) is -1.60. The van der Waals surface area contributed by atoms with Crippen LogP contribution in [0, 0.1) is 0 Å². The van der Waals surface area contributed by atoms with Crippen LogP contribution in [-0.2, 0) is 4.79 Å². The third-order valence-corrected chi connectivity index (χ3v) is 2.23. The fraction of sp³-hybridized carbons (Fsp3) is 0.300. The van der Waals surface area contributed by atoms with Gasteiger partial charge < -0.3 is 14.9 Å². The summed E-state index contributed by atoms with van der Waals surface area (Å²) in [4.78, 5) is 10.8. The number of hydrogen-bond donors (Lipinski definition) is 2. The minimum atomic E-state index is -1.10. The first-order chi connectivity index (χ1) is 7.08. The van der Waals surface area contributed by atoms with Crippen molar-refractivity contribution in [1.29, 1.82) is 0 Å². The second kappa shape index (κ2) is 5.00. The van der Waals surface area contributed by atoms with Crippen molar-refractivity contribution in [3.8, 4) is 5.75 Å². The monoisotopic (exact) mass is 230 g/mol. The third kappa shape index (κ3) is 2.84. The number of aliphatic hydroxyl groups is 1. The molecule has 0 saturated heterocycles. The largest absolute Gasteiger partial charge is 0.497 e. The summed E-state index contributed by atoms with van der Waals surface area (Å²) in [5.41, 5.74) is 0.425. The standard InChI is InChI=1S/C10H11ClO4/c1-15-8-3-6(2-7(11)4-8)9(5-12)10(13)14/h2-4,9,12H,5H2,1H3,(H,13,14). The molecule has 5 heteroatoms. The van der Waals surface area contributed by atoms with E-state index >= 15 is 0 Å². The lowest BCUT2D eigenvalue weighted by molar-refractivity contribution is -0.139. The Bertz CT molecular complexity index is 364. The van der Waals surface area contributed by atoms with Gasteiger partial charge in [-0.25, -0.2) is 0 Å². The number of methoxy groups -OCH3 is 1. The highest BCUT2D eigenvalue weighted by Gasteiger charge is 2.19. The van der Waals surface area contributed by atoms with E-state index in [1.165, 1.54) is 13.2 Å². The van der Waals surface area contributed by atoms with Crippen molar-refractivity contribution in [2.45, 2.75) is 5.92 Å². The molecule has 2 N–H and O–H groups in total. The molecule has 0 amide bonds. The van der Waals surface area contributed by atoms with Gasteiger partial charge in [-0.2, -0.15) is 0 Å². The molecule has 0 heterocycles. The summed E-state index contributed by atoms with van der Waals surface area (Å²) in [6.07, 6.45) is 0. The van der Waals surface area contributed by atoms with Crippen LogP contribution in [0.4, 0.5) is 0 Å². The highest BCUT2D eigenvalue weighted by molar-refractivity contribution is 6.30. The molecule has 0 aliphatic rings. The van der Waals surface area contributed by atoms with E-state index in [9.17, 15) is 4.79 Å². The third-order valence-electron chi connectivity index (χ3n) is 2.01. The molecule has 0 aliphatic carbocycles. The molecule has 0 aromatic heterocycles. The maximum atomic E-state index is 10.8. The number of carbonyl (C=O) groups is 1. The van der Waals surface area contributed by atoms with Gasteiger partial charge in [0, 0.05) is 5.02 Å². The summed E-state index contributed by atoms with van der Waals surface area (Å²) < 4.78 is 4.95. The van der Waals surface area contributed by atoms with Crippen LogP contribution in [0.2, 0.25) is 5.02 Å². The Morgan fingerprint density at radius 2 is 2.20 bits per heavy atom. The van der Waals surface area contributed by atoms with Crippen LogP contribution in [0.15, 0.2) is 18.2 Å². The minimum absolute atomic E-state index is 0.379. The summed E-state index contributed by atoms with van der Waals surface area (Å²) >= 11 is 5.78. The van der Waals surface area contributed by atoms with Gasteiger partial charge in [-0.15, -0.1) is 0 Å². The van der Waals surface area contributed by atoms with Gasteiger partial charge >= 0.3 is 5.97 Å². The second-order valence-corrected chi connectivity index (χ2v) is 3.43. The number of ether oxygens (including phenoxy) is 1. The quantitative estimate of drug-likeness (QED) is 0.823. The van der Waals surface area contributed by atoms with Crippen LogP contribution in [0.5, 0.6) is 5.75 Å². The lowest BCUT2D eigenvalue weighted by Crippen LogP contribution is -2.15. The first-order valence-electron chi connectivity index (χ1n) is 4.26. The van der Waals surface area contributed by atoms with E-state index in [1.54, 1.807) is 12.1 Å². The summed E-state index contributed by atoms with van der Waals surface area (Å²) in [5, 5.41) is 18.2. The van der Waals surface area contributed by atoms with Gasteiger partial charge in [0.2, 0.25) is 0 Å². The van der Waals surface area contributed by atoms with Gasteiger partial charge in [0.15, 0.2) is 0 Å². The zero-order chi connectivity index (χ0) is 11.4. The molecule has 0 saturated carbocycles. The normalized spacial score (nSPS) is 12.2. The molecule has 1 unspecified atom stereocenters. The Morgan fingerprint density at radius 1 is 1.53 bits per heavy atom. The van der Waals surface area contributed by atoms with Crippen molar-refractivity contribution >= 4 is 17.6 Å². The molecule has 0 fully saturated rings. The van der Waals surface area contributed by atoms with Crippen LogP contribution in [0.1, 0.15) is 11.5 Å². The number of hydrogen-bond acceptors (Lipinski definition) is 3. The second-order valence-electron chi connectivity index (χ2n) is 3.00. The summed E-state index contributed by atoms with van der Waals surface area (Å²) in [6, 6.07) is 4.61. The van der Waals surface area contributed by atoms with E-state index in [2.05, 4.69) is 0 Å². The van der Waals surface area contributed by atoms with Crippen molar-refractivity contribution in [3.63, 3.8) is 0 Å². The predicted molar refractivity (Wildman–Crippen MR) is 55.5 cm³/mol. The minimum Gasteiger partial charge on any atom is -0.497 e. The average molecular weight is 231 g/mol. The summed E-state index contributed by atoms with van der Waals surface area (Å²) in [7, 11) is 1.46. The Kier molecular flexibility index (Phi) is 3.94. The highest BCUT2D eigenvalue weighted by atomic mass is 35.5. The van der Waals surface area contributed by atoms with Gasteiger partial charge in [-0.05, 0) is 23.8 Å². The van der Waals surface area contributed by atoms with E-state index in [0.717, 1.165) is 0 Å². The Morgan fingerprint density at radius 3 is 2.67 bits per heavy atom. The molecule has 0 radical (unpaired) electrons. The number of halogens is 1.